The van der Waals surface area contributed by atoms with E-state index in [0.717, 1.165) is 11.1 Å². The smallest absolute Gasteiger partial charge is 0.335 e. The van der Waals surface area contributed by atoms with E-state index in [9.17, 15) is 4.79 Å². The summed E-state index contributed by atoms with van der Waals surface area (Å²) in [7, 11) is 0. The SMILES string of the molecule is C=C/C=C(\C=C(/C=C)C(=O)O)C(=C)C. The highest BCUT2D eigenvalue weighted by Gasteiger charge is 2.03. The van der Waals surface area contributed by atoms with Gasteiger partial charge in [0.1, 0.15) is 0 Å². The topological polar surface area (TPSA) is 37.3 Å². The molecule has 0 spiro atoms. The monoisotopic (exact) mass is 190 g/mol. The van der Waals surface area contributed by atoms with Crippen LogP contribution in [-0.2, 0) is 4.79 Å². The van der Waals surface area contributed by atoms with Gasteiger partial charge in [-0.25, -0.2) is 4.79 Å². The van der Waals surface area contributed by atoms with Crippen LogP contribution in [0.3, 0.4) is 0 Å². The summed E-state index contributed by atoms with van der Waals surface area (Å²) in [4.78, 5) is 10.7. The van der Waals surface area contributed by atoms with Crippen molar-refractivity contribution >= 4 is 5.97 Å². The van der Waals surface area contributed by atoms with E-state index in [1.807, 2.05) is 0 Å². The average Bonchev–Trinajstić information content (AvgIpc) is 2.11. The third-order valence-corrected chi connectivity index (χ3v) is 1.57. The van der Waals surface area contributed by atoms with Gasteiger partial charge in [0, 0.05) is 0 Å². The summed E-state index contributed by atoms with van der Waals surface area (Å²) < 4.78 is 0. The molecule has 0 unspecified atom stereocenters. The molecule has 0 aliphatic rings. The zero-order valence-corrected chi connectivity index (χ0v) is 8.29. The fourth-order valence-electron chi connectivity index (χ4n) is 0.816. The predicted molar refractivity (Wildman–Crippen MR) is 59.0 cm³/mol. The maximum Gasteiger partial charge on any atom is 0.335 e. The van der Waals surface area contributed by atoms with Crippen LogP contribution in [0.1, 0.15) is 6.92 Å². The Morgan fingerprint density at radius 2 is 1.86 bits per heavy atom. The third kappa shape index (κ3) is 3.72. The molecule has 2 heteroatoms. The van der Waals surface area contributed by atoms with E-state index in [4.69, 9.17) is 5.11 Å². The number of hydrogen-bond acceptors (Lipinski definition) is 1. The molecule has 0 rings (SSSR count). The van der Waals surface area contributed by atoms with Crippen LogP contribution < -0.4 is 0 Å². The molecule has 0 aliphatic heterocycles. The van der Waals surface area contributed by atoms with Crippen molar-refractivity contribution in [2.24, 2.45) is 0 Å². The molecule has 0 saturated heterocycles. The molecule has 0 aliphatic carbocycles. The molecular formula is C12H14O2. The van der Waals surface area contributed by atoms with Gasteiger partial charge in [0.05, 0.1) is 5.57 Å². The minimum absolute atomic E-state index is 0.140. The molecule has 1 N–H and O–H groups in total. The summed E-state index contributed by atoms with van der Waals surface area (Å²) in [5.41, 5.74) is 1.66. The Labute approximate surface area is 84.3 Å². The fourth-order valence-corrected chi connectivity index (χ4v) is 0.816. The number of carboxylic acid groups (broad SMARTS) is 1. The maximum absolute atomic E-state index is 10.7. The van der Waals surface area contributed by atoms with E-state index in [2.05, 4.69) is 19.7 Å². The van der Waals surface area contributed by atoms with Gasteiger partial charge in [-0.2, -0.15) is 0 Å². The van der Waals surface area contributed by atoms with Gasteiger partial charge in [0.15, 0.2) is 0 Å². The van der Waals surface area contributed by atoms with Crippen molar-refractivity contribution in [1.82, 2.24) is 0 Å². The number of hydrogen-bond donors (Lipinski definition) is 1. The highest BCUT2D eigenvalue weighted by Crippen LogP contribution is 2.12. The number of allylic oxidation sites excluding steroid dienone is 5. The normalized spacial score (nSPS) is 12.1. The van der Waals surface area contributed by atoms with E-state index >= 15 is 0 Å². The van der Waals surface area contributed by atoms with E-state index in [0.29, 0.717) is 0 Å². The summed E-state index contributed by atoms with van der Waals surface area (Å²) in [5.74, 6) is -1.00. The van der Waals surface area contributed by atoms with Gasteiger partial charge >= 0.3 is 5.97 Å². The minimum Gasteiger partial charge on any atom is -0.478 e. The van der Waals surface area contributed by atoms with Gasteiger partial charge in [0.2, 0.25) is 0 Å². The Hall–Kier alpha value is -1.83. The molecular weight excluding hydrogens is 176 g/mol. The Kier molecular flexibility index (Phi) is 5.00. The van der Waals surface area contributed by atoms with Crippen LogP contribution in [0.4, 0.5) is 0 Å². The van der Waals surface area contributed by atoms with Crippen LogP contribution in [-0.4, -0.2) is 11.1 Å². The molecule has 0 aromatic heterocycles. The first kappa shape index (κ1) is 12.2. The van der Waals surface area contributed by atoms with E-state index in [1.165, 1.54) is 12.2 Å². The van der Waals surface area contributed by atoms with Gasteiger partial charge in [-0.05, 0) is 18.6 Å². The lowest BCUT2D eigenvalue weighted by atomic mass is 10.1. The molecule has 0 radical (unpaired) electrons. The highest BCUT2D eigenvalue weighted by molar-refractivity contribution is 5.90. The molecule has 0 atom stereocenters. The quantitative estimate of drug-likeness (QED) is 0.534. The largest absolute Gasteiger partial charge is 0.478 e. The van der Waals surface area contributed by atoms with Crippen molar-refractivity contribution in [2.75, 3.05) is 0 Å². The molecule has 74 valence electrons. The average molecular weight is 190 g/mol. The first-order valence-corrected chi connectivity index (χ1v) is 4.09. The Morgan fingerprint density at radius 1 is 1.29 bits per heavy atom. The summed E-state index contributed by atoms with van der Waals surface area (Å²) >= 11 is 0. The number of aliphatic carboxylic acids is 1. The second-order valence-corrected chi connectivity index (χ2v) is 2.75. The van der Waals surface area contributed by atoms with Crippen LogP contribution in [0.15, 0.2) is 60.8 Å². The lowest BCUT2D eigenvalue weighted by Gasteiger charge is -2.00. The number of rotatable bonds is 5. The van der Waals surface area contributed by atoms with Gasteiger partial charge in [-0.15, -0.1) is 0 Å². The van der Waals surface area contributed by atoms with Crippen molar-refractivity contribution < 1.29 is 9.90 Å². The zero-order chi connectivity index (χ0) is 11.1. The van der Waals surface area contributed by atoms with E-state index < -0.39 is 5.97 Å². The van der Waals surface area contributed by atoms with Crippen LogP contribution in [0.5, 0.6) is 0 Å². The van der Waals surface area contributed by atoms with Crippen LogP contribution in [0.2, 0.25) is 0 Å². The molecule has 2 nitrogen and oxygen atoms in total. The summed E-state index contributed by atoms with van der Waals surface area (Å²) in [6.45, 7) is 12.5. The second-order valence-electron chi connectivity index (χ2n) is 2.75. The van der Waals surface area contributed by atoms with Gasteiger partial charge in [-0.1, -0.05) is 43.5 Å². The van der Waals surface area contributed by atoms with Gasteiger partial charge in [0.25, 0.3) is 0 Å². The van der Waals surface area contributed by atoms with Crippen molar-refractivity contribution in [3.63, 3.8) is 0 Å². The molecule has 0 aromatic carbocycles. The van der Waals surface area contributed by atoms with Crippen molar-refractivity contribution in [1.29, 1.82) is 0 Å². The van der Waals surface area contributed by atoms with Crippen LogP contribution in [0.25, 0.3) is 0 Å². The first-order valence-electron chi connectivity index (χ1n) is 4.09. The van der Waals surface area contributed by atoms with Crippen molar-refractivity contribution in [3.8, 4) is 0 Å². The predicted octanol–water partition coefficient (Wildman–Crippen LogP) is 2.87. The molecule has 0 heterocycles. The Bertz CT molecular complexity index is 330. The lowest BCUT2D eigenvalue weighted by molar-refractivity contribution is -0.132. The summed E-state index contributed by atoms with van der Waals surface area (Å²) in [6, 6.07) is 0. The van der Waals surface area contributed by atoms with Gasteiger partial charge < -0.3 is 5.11 Å². The Morgan fingerprint density at radius 3 is 2.14 bits per heavy atom. The summed E-state index contributed by atoms with van der Waals surface area (Å²) in [6.07, 6.45) is 6.10. The molecule has 0 amide bonds. The minimum atomic E-state index is -1.00. The van der Waals surface area contributed by atoms with E-state index in [-0.39, 0.29) is 5.57 Å². The molecule has 14 heavy (non-hydrogen) atoms. The fraction of sp³-hybridized carbons (Fsp3) is 0.0833. The maximum atomic E-state index is 10.7. The van der Waals surface area contributed by atoms with Crippen molar-refractivity contribution in [3.05, 3.63) is 60.8 Å². The van der Waals surface area contributed by atoms with Gasteiger partial charge in [-0.3, -0.25) is 0 Å². The van der Waals surface area contributed by atoms with E-state index in [1.54, 1.807) is 19.1 Å². The number of carboxylic acids is 1. The standard InChI is InChI=1S/C12H14O2/c1-5-7-11(9(3)4)8-10(6-2)12(13)14/h5-8H,1-3H2,4H3,(H,13,14)/b10-8+,11-7+. The van der Waals surface area contributed by atoms with Crippen LogP contribution in [0, 0.1) is 0 Å². The lowest BCUT2D eigenvalue weighted by Crippen LogP contribution is -1.98. The zero-order valence-electron chi connectivity index (χ0n) is 8.29. The first-order chi connectivity index (χ1) is 6.52. The summed E-state index contributed by atoms with van der Waals surface area (Å²) in [5, 5.41) is 8.75. The Balaban J connectivity index is 5.16. The number of carbonyl (C=O) groups is 1. The molecule has 0 saturated carbocycles. The second kappa shape index (κ2) is 5.75. The highest BCUT2D eigenvalue weighted by atomic mass is 16.4. The molecule has 0 bridgehead atoms. The molecule has 0 fully saturated rings. The van der Waals surface area contributed by atoms with Crippen LogP contribution >= 0.6 is 0 Å². The molecule has 0 aromatic rings. The van der Waals surface area contributed by atoms with Crippen molar-refractivity contribution in [2.45, 2.75) is 6.92 Å². The third-order valence-electron chi connectivity index (χ3n) is 1.57.